The quantitative estimate of drug-likeness (QED) is 0.900. The van der Waals surface area contributed by atoms with E-state index in [0.29, 0.717) is 13.1 Å². The van der Waals surface area contributed by atoms with Crippen molar-refractivity contribution in [1.29, 1.82) is 0 Å². The molecule has 1 aliphatic rings. The van der Waals surface area contributed by atoms with Gasteiger partial charge in [-0.05, 0) is 32.8 Å². The summed E-state index contributed by atoms with van der Waals surface area (Å²) < 4.78 is 0. The molecule has 0 spiro atoms. The number of rotatable bonds is 2. The molecule has 1 aromatic rings. The molecule has 2 amide bonds. The lowest BCUT2D eigenvalue weighted by Crippen LogP contribution is -2.42. The van der Waals surface area contributed by atoms with Gasteiger partial charge in [0.05, 0.1) is 5.56 Å². The van der Waals surface area contributed by atoms with E-state index < -0.39 is 0 Å². The van der Waals surface area contributed by atoms with Crippen molar-refractivity contribution in [3.05, 3.63) is 21.4 Å². The Labute approximate surface area is 117 Å². The Balaban J connectivity index is 2.00. The van der Waals surface area contributed by atoms with Crippen LogP contribution in [0.2, 0.25) is 0 Å². The molecule has 5 heteroatoms. The van der Waals surface area contributed by atoms with Crippen molar-refractivity contribution < 1.29 is 9.59 Å². The lowest BCUT2D eigenvalue weighted by atomic mass is 9.95. The van der Waals surface area contributed by atoms with Crippen LogP contribution in [-0.2, 0) is 4.79 Å². The third-order valence-electron chi connectivity index (χ3n) is 3.67. The number of aryl methyl sites for hydroxylation is 2. The lowest BCUT2D eigenvalue weighted by molar-refractivity contribution is -0.125. The summed E-state index contributed by atoms with van der Waals surface area (Å²) in [7, 11) is 1.66. The van der Waals surface area contributed by atoms with E-state index in [1.807, 2.05) is 24.8 Å². The van der Waals surface area contributed by atoms with E-state index in [9.17, 15) is 9.59 Å². The number of likely N-dealkylation sites (tertiary alicyclic amines) is 1. The molecule has 1 N–H and O–H groups in total. The highest BCUT2D eigenvalue weighted by molar-refractivity contribution is 7.12. The summed E-state index contributed by atoms with van der Waals surface area (Å²) in [5.74, 6) is 0.256. The van der Waals surface area contributed by atoms with Gasteiger partial charge in [0.1, 0.15) is 0 Å². The zero-order valence-electron chi connectivity index (χ0n) is 11.7. The van der Waals surface area contributed by atoms with E-state index in [-0.39, 0.29) is 17.7 Å². The minimum absolute atomic E-state index is 0.0550. The number of carbonyl (C=O) groups is 2. The predicted octanol–water partition coefficient (Wildman–Crippen LogP) is 1.96. The average molecular weight is 280 g/mol. The van der Waals surface area contributed by atoms with Gasteiger partial charge >= 0.3 is 0 Å². The van der Waals surface area contributed by atoms with Crippen molar-refractivity contribution in [3.63, 3.8) is 0 Å². The molecule has 0 saturated carbocycles. The molecule has 2 heterocycles. The van der Waals surface area contributed by atoms with Gasteiger partial charge in [0, 0.05) is 35.8 Å². The van der Waals surface area contributed by atoms with Gasteiger partial charge < -0.3 is 10.2 Å². The van der Waals surface area contributed by atoms with E-state index in [2.05, 4.69) is 5.32 Å². The Morgan fingerprint density at radius 2 is 1.95 bits per heavy atom. The maximum Gasteiger partial charge on any atom is 0.254 e. The molecule has 0 atom stereocenters. The number of nitrogens with zero attached hydrogens (tertiary/aromatic N) is 1. The smallest absolute Gasteiger partial charge is 0.254 e. The van der Waals surface area contributed by atoms with Gasteiger partial charge in [0.25, 0.3) is 5.91 Å². The molecule has 4 nitrogen and oxygen atoms in total. The highest BCUT2D eigenvalue weighted by Crippen LogP contribution is 2.24. The number of amides is 2. The molecule has 0 radical (unpaired) electrons. The van der Waals surface area contributed by atoms with Crippen molar-refractivity contribution >= 4 is 23.2 Å². The highest BCUT2D eigenvalue weighted by atomic mass is 32.1. The molecule has 19 heavy (non-hydrogen) atoms. The first-order chi connectivity index (χ1) is 9.02. The van der Waals surface area contributed by atoms with Crippen LogP contribution in [0.25, 0.3) is 0 Å². The van der Waals surface area contributed by atoms with Crippen LogP contribution in [0.15, 0.2) is 6.07 Å². The summed E-state index contributed by atoms with van der Waals surface area (Å²) in [6.45, 7) is 5.35. The standard InChI is InChI=1S/C14H20N2O2S/c1-9-8-12(10(2)19-9)14(18)16-6-4-11(5-7-16)13(17)15-3/h8,11H,4-7H2,1-3H3,(H,15,17). The Morgan fingerprint density at radius 1 is 1.32 bits per heavy atom. The summed E-state index contributed by atoms with van der Waals surface area (Å²) in [5, 5.41) is 2.68. The Morgan fingerprint density at radius 3 is 2.42 bits per heavy atom. The largest absolute Gasteiger partial charge is 0.359 e. The summed E-state index contributed by atoms with van der Waals surface area (Å²) in [6.07, 6.45) is 1.52. The van der Waals surface area contributed by atoms with Crippen LogP contribution in [0.4, 0.5) is 0 Å². The number of carbonyl (C=O) groups excluding carboxylic acids is 2. The first-order valence-corrected chi connectivity index (χ1v) is 7.42. The predicted molar refractivity (Wildman–Crippen MR) is 76.5 cm³/mol. The topological polar surface area (TPSA) is 49.4 Å². The van der Waals surface area contributed by atoms with Crippen LogP contribution < -0.4 is 5.32 Å². The molecule has 1 fully saturated rings. The van der Waals surface area contributed by atoms with Crippen molar-refractivity contribution in [2.45, 2.75) is 26.7 Å². The maximum atomic E-state index is 12.4. The minimum Gasteiger partial charge on any atom is -0.359 e. The first-order valence-electron chi connectivity index (χ1n) is 6.61. The molecule has 104 valence electrons. The molecule has 1 aliphatic heterocycles. The fourth-order valence-electron chi connectivity index (χ4n) is 2.56. The Bertz CT molecular complexity index is 488. The third-order valence-corrected chi connectivity index (χ3v) is 4.64. The summed E-state index contributed by atoms with van der Waals surface area (Å²) in [5.41, 5.74) is 0.820. The average Bonchev–Trinajstić information content (AvgIpc) is 2.76. The second kappa shape index (κ2) is 5.74. The highest BCUT2D eigenvalue weighted by Gasteiger charge is 2.28. The minimum atomic E-state index is 0.0550. The fourth-order valence-corrected chi connectivity index (χ4v) is 3.48. The molecular weight excluding hydrogens is 260 g/mol. The van der Waals surface area contributed by atoms with E-state index >= 15 is 0 Å². The molecule has 2 rings (SSSR count). The van der Waals surface area contributed by atoms with Crippen molar-refractivity contribution in [3.8, 4) is 0 Å². The van der Waals surface area contributed by atoms with E-state index in [0.717, 1.165) is 23.3 Å². The lowest BCUT2D eigenvalue weighted by Gasteiger charge is -2.31. The van der Waals surface area contributed by atoms with Gasteiger partial charge in [0.2, 0.25) is 5.91 Å². The number of hydrogen-bond acceptors (Lipinski definition) is 3. The normalized spacial score (nSPS) is 16.5. The fraction of sp³-hybridized carbons (Fsp3) is 0.571. The summed E-state index contributed by atoms with van der Waals surface area (Å²) >= 11 is 1.66. The third kappa shape index (κ3) is 2.97. The molecule has 0 aromatic carbocycles. The monoisotopic (exact) mass is 280 g/mol. The van der Waals surface area contributed by atoms with E-state index in [4.69, 9.17) is 0 Å². The van der Waals surface area contributed by atoms with E-state index in [1.165, 1.54) is 4.88 Å². The second-order valence-electron chi connectivity index (χ2n) is 5.01. The summed E-state index contributed by atoms with van der Waals surface area (Å²) in [6, 6.07) is 1.97. The zero-order valence-corrected chi connectivity index (χ0v) is 12.5. The molecule has 1 saturated heterocycles. The zero-order chi connectivity index (χ0) is 14.0. The summed E-state index contributed by atoms with van der Waals surface area (Å²) in [4.78, 5) is 28.1. The number of thiophene rings is 1. The van der Waals surface area contributed by atoms with Crippen LogP contribution in [0, 0.1) is 19.8 Å². The molecular formula is C14H20N2O2S. The van der Waals surface area contributed by atoms with Gasteiger partial charge in [0.15, 0.2) is 0 Å². The second-order valence-corrected chi connectivity index (χ2v) is 6.47. The SMILES string of the molecule is CNC(=O)C1CCN(C(=O)c2cc(C)sc2C)CC1. The van der Waals surface area contributed by atoms with Gasteiger partial charge in [-0.2, -0.15) is 0 Å². The Kier molecular flexibility index (Phi) is 4.24. The van der Waals surface area contributed by atoms with Crippen LogP contribution >= 0.6 is 11.3 Å². The maximum absolute atomic E-state index is 12.4. The number of hydrogen-bond donors (Lipinski definition) is 1. The Hall–Kier alpha value is -1.36. The van der Waals surface area contributed by atoms with Gasteiger partial charge in [-0.15, -0.1) is 11.3 Å². The van der Waals surface area contributed by atoms with Crippen molar-refractivity contribution in [2.75, 3.05) is 20.1 Å². The van der Waals surface area contributed by atoms with Gasteiger partial charge in [-0.3, -0.25) is 9.59 Å². The first kappa shape index (κ1) is 14.1. The number of nitrogens with one attached hydrogen (secondary N) is 1. The van der Waals surface area contributed by atoms with Crippen LogP contribution in [-0.4, -0.2) is 36.9 Å². The van der Waals surface area contributed by atoms with Crippen molar-refractivity contribution in [1.82, 2.24) is 10.2 Å². The van der Waals surface area contributed by atoms with Gasteiger partial charge in [-0.1, -0.05) is 0 Å². The molecule has 0 aliphatic carbocycles. The van der Waals surface area contributed by atoms with Crippen LogP contribution in [0.5, 0.6) is 0 Å². The van der Waals surface area contributed by atoms with Gasteiger partial charge in [-0.25, -0.2) is 0 Å². The van der Waals surface area contributed by atoms with Crippen LogP contribution in [0.1, 0.15) is 33.0 Å². The van der Waals surface area contributed by atoms with E-state index in [1.54, 1.807) is 18.4 Å². The van der Waals surface area contributed by atoms with Crippen molar-refractivity contribution in [2.24, 2.45) is 5.92 Å². The molecule has 0 bridgehead atoms. The number of piperidine rings is 1. The molecule has 0 unspecified atom stereocenters. The van der Waals surface area contributed by atoms with Crippen LogP contribution in [0.3, 0.4) is 0 Å². The molecule has 1 aromatic heterocycles.